The molecule has 0 spiro atoms. The molecule has 0 aliphatic carbocycles. The number of rotatable bonds is 12. The van der Waals surface area contributed by atoms with Gasteiger partial charge in [-0.05, 0) is 73.4 Å². The number of nitrogens with one attached hydrogen (secondary N) is 1. The van der Waals surface area contributed by atoms with Crippen molar-refractivity contribution in [3.63, 3.8) is 0 Å². The summed E-state index contributed by atoms with van der Waals surface area (Å²) in [6.07, 6.45) is 1.60. The van der Waals surface area contributed by atoms with Gasteiger partial charge in [-0.1, -0.05) is 66.7 Å². The summed E-state index contributed by atoms with van der Waals surface area (Å²) in [6, 6.07) is 32.4. The van der Waals surface area contributed by atoms with E-state index < -0.39 is 10.0 Å². The van der Waals surface area contributed by atoms with E-state index in [9.17, 15) is 13.2 Å². The molecule has 1 N–H and O–H groups in total. The van der Waals surface area contributed by atoms with E-state index in [4.69, 9.17) is 4.74 Å². The highest BCUT2D eigenvalue weighted by molar-refractivity contribution is 7.92. The molecule has 7 heteroatoms. The Kier molecular flexibility index (Phi) is 9.16. The fourth-order valence-electron chi connectivity index (χ4n) is 4.15. The molecule has 4 aromatic carbocycles. The van der Waals surface area contributed by atoms with E-state index in [1.807, 2.05) is 49.4 Å². The number of sulfonamides is 1. The van der Waals surface area contributed by atoms with Crippen LogP contribution in [-0.2, 0) is 23.0 Å². The predicted octanol–water partition coefficient (Wildman–Crippen LogP) is 5.84. The molecule has 0 saturated carbocycles. The molecule has 0 aliphatic rings. The zero-order chi connectivity index (χ0) is 26.8. The predicted molar refractivity (Wildman–Crippen MR) is 151 cm³/mol. The molecule has 0 heterocycles. The molecule has 0 fully saturated rings. The number of hydrogen-bond donors (Lipinski definition) is 1. The fraction of sp³-hybridized carbons (Fsp3) is 0.194. The maximum Gasteiger partial charge on any atom is 0.264 e. The van der Waals surface area contributed by atoms with E-state index in [2.05, 4.69) is 5.32 Å². The maximum atomic E-state index is 13.5. The number of hydrogen-bond acceptors (Lipinski definition) is 4. The highest BCUT2D eigenvalue weighted by Crippen LogP contribution is 2.26. The standard InChI is InChI=1S/C31H32N2O4S/c1-2-37-30-18-10-9-12-26(30)13-11-23-32-31(34)27-21-19-25(20-22-27)24-33(28-14-5-3-6-15-28)38(35,36)29-16-7-4-8-17-29/h3-10,12,14-22H,2,11,13,23-24H2,1H3,(H,32,34). The molecule has 1 amide bonds. The number of aryl methyl sites for hydroxylation is 1. The zero-order valence-corrected chi connectivity index (χ0v) is 22.2. The minimum absolute atomic E-state index is 0.141. The molecule has 196 valence electrons. The van der Waals surface area contributed by atoms with E-state index in [1.54, 1.807) is 66.7 Å². The third-order valence-electron chi connectivity index (χ3n) is 6.10. The monoisotopic (exact) mass is 528 g/mol. The van der Waals surface area contributed by atoms with Crippen molar-refractivity contribution in [1.82, 2.24) is 5.32 Å². The van der Waals surface area contributed by atoms with Crippen molar-refractivity contribution < 1.29 is 17.9 Å². The van der Waals surface area contributed by atoms with Crippen LogP contribution in [0.2, 0.25) is 0 Å². The summed E-state index contributed by atoms with van der Waals surface area (Å²) in [5, 5.41) is 2.97. The molecule has 0 saturated heterocycles. The zero-order valence-electron chi connectivity index (χ0n) is 21.4. The van der Waals surface area contributed by atoms with Gasteiger partial charge >= 0.3 is 0 Å². The van der Waals surface area contributed by atoms with Crippen LogP contribution >= 0.6 is 0 Å². The molecule has 0 aromatic heterocycles. The lowest BCUT2D eigenvalue weighted by Gasteiger charge is -2.25. The van der Waals surface area contributed by atoms with Crippen molar-refractivity contribution in [1.29, 1.82) is 0 Å². The number of nitrogens with zero attached hydrogens (tertiary/aromatic N) is 1. The van der Waals surface area contributed by atoms with Gasteiger partial charge in [-0.15, -0.1) is 0 Å². The number of anilines is 1. The summed E-state index contributed by atoms with van der Waals surface area (Å²) in [5.41, 5.74) is 3.00. The smallest absolute Gasteiger partial charge is 0.264 e. The Bertz CT molecular complexity index is 1420. The molecule has 38 heavy (non-hydrogen) atoms. The van der Waals surface area contributed by atoms with Crippen LogP contribution in [0.1, 0.15) is 34.8 Å². The number of carbonyl (C=O) groups is 1. The quantitative estimate of drug-likeness (QED) is 0.234. The van der Waals surface area contributed by atoms with Crippen molar-refractivity contribution in [2.75, 3.05) is 17.5 Å². The molecule has 0 atom stereocenters. The second kappa shape index (κ2) is 12.9. The van der Waals surface area contributed by atoms with Gasteiger partial charge < -0.3 is 10.1 Å². The van der Waals surface area contributed by atoms with Gasteiger partial charge in [0.2, 0.25) is 0 Å². The van der Waals surface area contributed by atoms with E-state index in [0.29, 0.717) is 24.4 Å². The fourth-order valence-corrected chi connectivity index (χ4v) is 5.62. The minimum atomic E-state index is -3.78. The SMILES string of the molecule is CCOc1ccccc1CCCNC(=O)c1ccc(CN(c2ccccc2)S(=O)(=O)c2ccccc2)cc1. The molecule has 0 bridgehead atoms. The summed E-state index contributed by atoms with van der Waals surface area (Å²) in [5.74, 6) is 0.724. The van der Waals surface area contributed by atoms with Crippen LogP contribution in [0.15, 0.2) is 114 Å². The molecule has 0 radical (unpaired) electrons. The largest absolute Gasteiger partial charge is 0.494 e. The molecular formula is C31H32N2O4S. The second-order valence-electron chi connectivity index (χ2n) is 8.76. The van der Waals surface area contributed by atoms with Crippen LogP contribution in [0, 0.1) is 0 Å². The highest BCUT2D eigenvalue weighted by Gasteiger charge is 2.25. The van der Waals surface area contributed by atoms with Crippen LogP contribution in [0.4, 0.5) is 5.69 Å². The molecular weight excluding hydrogens is 496 g/mol. The summed E-state index contributed by atoms with van der Waals surface area (Å²) in [7, 11) is -3.78. The van der Waals surface area contributed by atoms with Crippen molar-refractivity contribution in [3.05, 3.63) is 126 Å². The minimum Gasteiger partial charge on any atom is -0.494 e. The number of carbonyl (C=O) groups excluding carboxylic acids is 1. The molecule has 4 aromatic rings. The van der Waals surface area contributed by atoms with Gasteiger partial charge in [0.05, 0.1) is 23.7 Å². The van der Waals surface area contributed by atoms with Crippen molar-refractivity contribution >= 4 is 21.6 Å². The summed E-state index contributed by atoms with van der Waals surface area (Å²) < 4.78 is 34.0. The number of amides is 1. The van der Waals surface area contributed by atoms with Crippen LogP contribution in [0.5, 0.6) is 5.75 Å². The first-order chi connectivity index (χ1) is 18.5. The Labute approximate surface area is 225 Å². The Morgan fingerprint density at radius 2 is 1.45 bits per heavy atom. The lowest BCUT2D eigenvalue weighted by Crippen LogP contribution is -2.30. The van der Waals surface area contributed by atoms with Gasteiger partial charge in [-0.25, -0.2) is 8.42 Å². The Morgan fingerprint density at radius 1 is 0.816 bits per heavy atom. The Morgan fingerprint density at radius 3 is 2.13 bits per heavy atom. The first kappa shape index (κ1) is 26.9. The first-order valence-electron chi connectivity index (χ1n) is 12.7. The molecule has 6 nitrogen and oxygen atoms in total. The van der Waals surface area contributed by atoms with Crippen molar-refractivity contribution in [3.8, 4) is 5.75 Å². The topological polar surface area (TPSA) is 75.7 Å². The molecule has 0 aliphatic heterocycles. The Hall–Kier alpha value is -4.10. The van der Waals surface area contributed by atoms with E-state index in [0.717, 1.165) is 29.7 Å². The lowest BCUT2D eigenvalue weighted by molar-refractivity contribution is 0.0953. The Balaban J connectivity index is 1.39. The van der Waals surface area contributed by atoms with Crippen LogP contribution < -0.4 is 14.4 Å². The highest BCUT2D eigenvalue weighted by atomic mass is 32.2. The van der Waals surface area contributed by atoms with Gasteiger partial charge in [0.25, 0.3) is 15.9 Å². The summed E-state index contributed by atoms with van der Waals surface area (Å²) in [4.78, 5) is 12.9. The van der Waals surface area contributed by atoms with Crippen molar-refractivity contribution in [2.24, 2.45) is 0 Å². The second-order valence-corrected chi connectivity index (χ2v) is 10.6. The molecule has 4 rings (SSSR count). The normalized spacial score (nSPS) is 11.1. The van der Waals surface area contributed by atoms with Gasteiger partial charge in [0.1, 0.15) is 5.75 Å². The number of para-hydroxylation sites is 2. The average Bonchev–Trinajstić information content (AvgIpc) is 2.96. The van der Waals surface area contributed by atoms with Gasteiger partial charge in [0.15, 0.2) is 0 Å². The van der Waals surface area contributed by atoms with Crippen LogP contribution in [0.25, 0.3) is 0 Å². The van der Waals surface area contributed by atoms with Gasteiger partial charge in [-0.2, -0.15) is 0 Å². The third-order valence-corrected chi connectivity index (χ3v) is 7.89. The van der Waals surface area contributed by atoms with Gasteiger partial charge in [-0.3, -0.25) is 9.10 Å². The van der Waals surface area contributed by atoms with Crippen molar-refractivity contribution in [2.45, 2.75) is 31.2 Å². The van der Waals surface area contributed by atoms with Gasteiger partial charge in [0, 0.05) is 12.1 Å². The maximum absolute atomic E-state index is 13.5. The van der Waals surface area contributed by atoms with E-state index in [-0.39, 0.29) is 17.3 Å². The van der Waals surface area contributed by atoms with E-state index >= 15 is 0 Å². The summed E-state index contributed by atoms with van der Waals surface area (Å²) >= 11 is 0. The van der Waals surface area contributed by atoms with Crippen LogP contribution in [-0.4, -0.2) is 27.5 Å². The average molecular weight is 529 g/mol. The van der Waals surface area contributed by atoms with Crippen LogP contribution in [0.3, 0.4) is 0 Å². The summed E-state index contributed by atoms with van der Waals surface area (Å²) in [6.45, 7) is 3.26. The first-order valence-corrected chi connectivity index (χ1v) is 14.1. The lowest BCUT2D eigenvalue weighted by atomic mass is 10.1. The number of benzene rings is 4. The molecule has 0 unspecified atom stereocenters. The van der Waals surface area contributed by atoms with E-state index in [1.165, 1.54) is 4.31 Å². The third kappa shape index (κ3) is 6.81. The number of ether oxygens (including phenoxy) is 1.